The standard InChI is InChI=1S/C22H19N3O4S/c1-4-28-18-11-15(8-9-17(18)29-14(3)26)12-19-21(27)25-22(30-19)23-20(24-25)16-7-5-6-13(2)10-16/h5-12H,4H2,1-3H3/b19-12-. The maximum atomic E-state index is 12.8. The average molecular weight is 421 g/mol. The summed E-state index contributed by atoms with van der Waals surface area (Å²) >= 11 is 1.27. The van der Waals surface area contributed by atoms with Crippen LogP contribution in [0.15, 0.2) is 47.3 Å². The molecule has 0 radical (unpaired) electrons. The second-order valence-electron chi connectivity index (χ2n) is 6.65. The lowest BCUT2D eigenvalue weighted by Gasteiger charge is -2.10. The van der Waals surface area contributed by atoms with E-state index in [1.807, 2.05) is 38.1 Å². The molecule has 0 saturated heterocycles. The van der Waals surface area contributed by atoms with Crippen molar-refractivity contribution in [2.75, 3.05) is 6.61 Å². The van der Waals surface area contributed by atoms with E-state index in [9.17, 15) is 9.59 Å². The van der Waals surface area contributed by atoms with Gasteiger partial charge in [-0.3, -0.25) is 9.59 Å². The van der Waals surface area contributed by atoms with E-state index in [0.29, 0.717) is 33.4 Å². The van der Waals surface area contributed by atoms with E-state index in [1.54, 1.807) is 24.3 Å². The van der Waals surface area contributed by atoms with Crippen molar-refractivity contribution in [2.24, 2.45) is 0 Å². The largest absolute Gasteiger partial charge is 0.490 e. The number of nitrogens with zero attached hydrogens (tertiary/aromatic N) is 3. The molecule has 4 aromatic rings. The first-order valence-corrected chi connectivity index (χ1v) is 10.2. The fourth-order valence-electron chi connectivity index (χ4n) is 3.01. The van der Waals surface area contributed by atoms with Gasteiger partial charge in [0.25, 0.3) is 5.56 Å². The Bertz CT molecular complexity index is 1360. The van der Waals surface area contributed by atoms with Gasteiger partial charge in [-0.25, -0.2) is 0 Å². The van der Waals surface area contributed by atoms with Crippen molar-refractivity contribution in [3.8, 4) is 22.9 Å². The quantitative estimate of drug-likeness (QED) is 0.364. The summed E-state index contributed by atoms with van der Waals surface area (Å²) < 4.78 is 12.6. The first kappa shape index (κ1) is 19.8. The Morgan fingerprint density at radius 2 is 2.03 bits per heavy atom. The minimum absolute atomic E-state index is 0.233. The van der Waals surface area contributed by atoms with Crippen LogP contribution in [0.1, 0.15) is 25.0 Å². The van der Waals surface area contributed by atoms with Crippen molar-refractivity contribution in [1.29, 1.82) is 0 Å². The van der Waals surface area contributed by atoms with Gasteiger partial charge in [0.2, 0.25) is 4.96 Å². The van der Waals surface area contributed by atoms with Crippen LogP contribution in [-0.4, -0.2) is 27.2 Å². The summed E-state index contributed by atoms with van der Waals surface area (Å²) in [6, 6.07) is 13.0. The number of hydrogen-bond donors (Lipinski definition) is 0. The van der Waals surface area contributed by atoms with Gasteiger partial charge < -0.3 is 9.47 Å². The zero-order valence-electron chi connectivity index (χ0n) is 16.7. The number of thiazole rings is 1. The Labute approximate surface area is 176 Å². The van der Waals surface area contributed by atoms with Gasteiger partial charge in [-0.05, 0) is 43.7 Å². The molecule has 0 aliphatic carbocycles. The van der Waals surface area contributed by atoms with E-state index in [1.165, 1.54) is 22.8 Å². The van der Waals surface area contributed by atoms with Gasteiger partial charge in [0.1, 0.15) is 0 Å². The Hall–Kier alpha value is -3.52. The topological polar surface area (TPSA) is 82.8 Å². The van der Waals surface area contributed by atoms with Crippen LogP contribution in [0.25, 0.3) is 22.4 Å². The van der Waals surface area contributed by atoms with Gasteiger partial charge in [0.05, 0.1) is 11.1 Å². The molecule has 0 bridgehead atoms. The molecule has 8 heteroatoms. The minimum Gasteiger partial charge on any atom is -0.490 e. The van der Waals surface area contributed by atoms with Crippen LogP contribution in [0, 0.1) is 6.92 Å². The number of hydrogen-bond acceptors (Lipinski definition) is 7. The molecule has 7 nitrogen and oxygen atoms in total. The molecule has 2 aromatic heterocycles. The number of carbonyl (C=O) groups excluding carboxylic acids is 1. The third-order valence-electron chi connectivity index (χ3n) is 4.28. The molecule has 0 fully saturated rings. The van der Waals surface area contributed by atoms with E-state index >= 15 is 0 Å². The molecule has 2 aromatic carbocycles. The predicted molar refractivity (Wildman–Crippen MR) is 115 cm³/mol. The van der Waals surface area contributed by atoms with Crippen LogP contribution in [-0.2, 0) is 4.79 Å². The van der Waals surface area contributed by atoms with Gasteiger partial charge in [-0.2, -0.15) is 9.50 Å². The SMILES string of the molecule is CCOc1cc(/C=c2\sc3nc(-c4cccc(C)c4)nn3c2=O)ccc1OC(C)=O. The van der Waals surface area contributed by atoms with Gasteiger partial charge in [-0.15, -0.1) is 5.10 Å². The van der Waals surface area contributed by atoms with E-state index in [0.717, 1.165) is 16.7 Å². The molecule has 2 heterocycles. The fourth-order valence-corrected chi connectivity index (χ4v) is 3.92. The highest BCUT2D eigenvalue weighted by atomic mass is 32.1. The monoisotopic (exact) mass is 421 g/mol. The molecule has 0 unspecified atom stereocenters. The molecule has 152 valence electrons. The maximum absolute atomic E-state index is 12.8. The molecule has 0 atom stereocenters. The van der Waals surface area contributed by atoms with Crippen LogP contribution in [0.4, 0.5) is 0 Å². The van der Waals surface area contributed by atoms with Crippen molar-refractivity contribution >= 4 is 28.3 Å². The van der Waals surface area contributed by atoms with Crippen molar-refractivity contribution in [2.45, 2.75) is 20.8 Å². The summed E-state index contributed by atoms with van der Waals surface area (Å²) in [7, 11) is 0. The van der Waals surface area contributed by atoms with Gasteiger partial charge in [-0.1, -0.05) is 41.2 Å². The molecule has 0 N–H and O–H groups in total. The highest BCUT2D eigenvalue weighted by Gasteiger charge is 2.13. The Morgan fingerprint density at radius 3 is 2.73 bits per heavy atom. The second kappa shape index (κ2) is 8.08. The van der Waals surface area contributed by atoms with Crippen molar-refractivity contribution in [3.05, 3.63) is 68.5 Å². The zero-order chi connectivity index (χ0) is 21.3. The molecule has 0 spiro atoms. The molecular weight excluding hydrogens is 402 g/mol. The van der Waals surface area contributed by atoms with Crippen LogP contribution < -0.4 is 19.6 Å². The summed E-state index contributed by atoms with van der Waals surface area (Å²) in [6.07, 6.45) is 1.75. The van der Waals surface area contributed by atoms with Crippen molar-refractivity contribution < 1.29 is 14.3 Å². The lowest BCUT2D eigenvalue weighted by atomic mass is 10.1. The normalized spacial score (nSPS) is 11.8. The van der Waals surface area contributed by atoms with Crippen LogP contribution in [0.5, 0.6) is 11.5 Å². The van der Waals surface area contributed by atoms with Crippen LogP contribution in [0.2, 0.25) is 0 Å². The number of ether oxygens (including phenoxy) is 2. The molecule has 30 heavy (non-hydrogen) atoms. The Morgan fingerprint density at radius 1 is 1.20 bits per heavy atom. The number of benzene rings is 2. The van der Waals surface area contributed by atoms with E-state index < -0.39 is 5.97 Å². The number of esters is 1. The molecule has 0 aliphatic heterocycles. The minimum atomic E-state index is -0.426. The first-order valence-electron chi connectivity index (χ1n) is 9.38. The second-order valence-corrected chi connectivity index (χ2v) is 7.66. The van der Waals surface area contributed by atoms with Crippen LogP contribution >= 0.6 is 11.3 Å². The third-order valence-corrected chi connectivity index (χ3v) is 5.24. The maximum Gasteiger partial charge on any atom is 0.308 e. The van der Waals surface area contributed by atoms with Gasteiger partial charge >= 0.3 is 5.97 Å². The first-order chi connectivity index (χ1) is 14.4. The number of rotatable bonds is 5. The average Bonchev–Trinajstić information content (AvgIpc) is 3.24. The number of aryl methyl sites for hydroxylation is 1. The van der Waals surface area contributed by atoms with Gasteiger partial charge in [0.15, 0.2) is 17.3 Å². The summed E-state index contributed by atoms with van der Waals surface area (Å²) in [5.74, 6) is 0.881. The van der Waals surface area contributed by atoms with Crippen LogP contribution in [0.3, 0.4) is 0 Å². The van der Waals surface area contributed by atoms with E-state index in [4.69, 9.17) is 9.47 Å². The highest BCUT2D eigenvalue weighted by Crippen LogP contribution is 2.29. The van der Waals surface area contributed by atoms with Crippen molar-refractivity contribution in [1.82, 2.24) is 14.6 Å². The molecule has 4 rings (SSSR count). The highest BCUT2D eigenvalue weighted by molar-refractivity contribution is 7.15. The third kappa shape index (κ3) is 3.95. The molecule has 0 saturated carbocycles. The number of carbonyl (C=O) groups is 1. The fraction of sp³-hybridized carbons (Fsp3) is 0.182. The number of aromatic nitrogens is 3. The summed E-state index contributed by atoms with van der Waals surface area (Å²) in [4.78, 5) is 29.1. The summed E-state index contributed by atoms with van der Waals surface area (Å²) in [5.41, 5.74) is 2.49. The van der Waals surface area contributed by atoms with Gasteiger partial charge in [0, 0.05) is 12.5 Å². The number of fused-ring (bicyclic) bond motifs is 1. The Kier molecular flexibility index (Phi) is 5.33. The lowest BCUT2D eigenvalue weighted by Crippen LogP contribution is -2.23. The Balaban J connectivity index is 1.73. The summed E-state index contributed by atoms with van der Waals surface area (Å²) in [5, 5.41) is 4.38. The smallest absolute Gasteiger partial charge is 0.308 e. The molecule has 0 aliphatic rings. The van der Waals surface area contributed by atoms with Crippen molar-refractivity contribution in [3.63, 3.8) is 0 Å². The lowest BCUT2D eigenvalue weighted by molar-refractivity contribution is -0.132. The molecule has 0 amide bonds. The molecular formula is C22H19N3O4S. The van der Waals surface area contributed by atoms with E-state index in [2.05, 4.69) is 10.1 Å². The zero-order valence-corrected chi connectivity index (χ0v) is 17.5. The van der Waals surface area contributed by atoms with E-state index in [-0.39, 0.29) is 5.56 Å². The summed E-state index contributed by atoms with van der Waals surface area (Å²) in [6.45, 7) is 5.59. The predicted octanol–water partition coefficient (Wildman–Crippen LogP) is 3.00.